The molecule has 0 saturated carbocycles. The minimum atomic E-state index is 0.345. The second-order valence-electron chi connectivity index (χ2n) is 2.42. The zero-order valence-electron chi connectivity index (χ0n) is 6.74. The molecule has 0 bridgehead atoms. The lowest BCUT2D eigenvalue weighted by atomic mass is 10.3. The smallest absolute Gasteiger partial charge is 0.200 e. The predicted octanol–water partition coefficient (Wildman–Crippen LogP) is 2.49. The lowest BCUT2D eigenvalue weighted by Gasteiger charge is -1.97. The number of hydrogen-bond acceptors (Lipinski definition) is 5. The summed E-state index contributed by atoms with van der Waals surface area (Å²) in [6.07, 6.45) is 0. The molecule has 0 spiro atoms. The maximum absolute atomic E-state index is 5.90. The molecule has 0 radical (unpaired) electrons. The Labute approximate surface area is 93.9 Å². The molecule has 0 fully saturated rings. The van der Waals surface area contributed by atoms with Crippen molar-refractivity contribution < 1.29 is 0 Å². The molecule has 0 amide bonds. The van der Waals surface area contributed by atoms with Crippen LogP contribution >= 0.6 is 34.7 Å². The van der Waals surface area contributed by atoms with Crippen LogP contribution in [0.4, 0.5) is 5.13 Å². The number of nitrogens with zero attached hydrogens (tertiary/aromatic N) is 3. The molecule has 2 rings (SSSR count). The van der Waals surface area contributed by atoms with Gasteiger partial charge in [-0.05, 0) is 12.1 Å². The molecule has 0 aliphatic rings. The van der Waals surface area contributed by atoms with Crippen molar-refractivity contribution in [3.8, 4) is 11.5 Å². The van der Waals surface area contributed by atoms with Gasteiger partial charge in [0.15, 0.2) is 11.0 Å². The summed E-state index contributed by atoms with van der Waals surface area (Å²) in [5.74, 6) is 0.403. The topological polar surface area (TPSA) is 64.7 Å². The molecular weight excluding hydrogens is 243 g/mol. The Hall–Kier alpha value is -0.910. The lowest BCUT2D eigenvalue weighted by Crippen LogP contribution is -1.88. The van der Waals surface area contributed by atoms with Gasteiger partial charge < -0.3 is 5.73 Å². The lowest BCUT2D eigenvalue weighted by molar-refractivity contribution is 1.24. The molecule has 0 aliphatic carbocycles. The van der Waals surface area contributed by atoms with Crippen molar-refractivity contribution in [2.45, 2.75) is 0 Å². The highest BCUT2D eigenvalue weighted by molar-refractivity contribution is 7.09. The summed E-state index contributed by atoms with van der Waals surface area (Å²) in [6, 6.07) is 3.24. The highest BCUT2D eigenvalue weighted by atomic mass is 35.5. The highest BCUT2D eigenvalue weighted by Crippen LogP contribution is 2.26. The molecule has 0 aromatic carbocycles. The van der Waals surface area contributed by atoms with Crippen LogP contribution in [0.15, 0.2) is 12.1 Å². The molecule has 72 valence electrons. The van der Waals surface area contributed by atoms with Crippen molar-refractivity contribution in [1.82, 2.24) is 14.3 Å². The van der Waals surface area contributed by atoms with Gasteiger partial charge in [0, 0.05) is 11.5 Å². The first-order valence-electron chi connectivity index (χ1n) is 3.58. The Kier molecular flexibility index (Phi) is 2.54. The quantitative estimate of drug-likeness (QED) is 0.786. The van der Waals surface area contributed by atoms with Crippen LogP contribution in [-0.2, 0) is 0 Å². The zero-order chi connectivity index (χ0) is 10.1. The van der Waals surface area contributed by atoms with E-state index in [4.69, 9.17) is 28.9 Å². The third-order valence-electron chi connectivity index (χ3n) is 1.47. The summed E-state index contributed by atoms with van der Waals surface area (Å²) in [4.78, 5) is 7.98. The van der Waals surface area contributed by atoms with E-state index in [9.17, 15) is 0 Å². The van der Waals surface area contributed by atoms with E-state index >= 15 is 0 Å². The Balaban J connectivity index is 2.55. The Morgan fingerprint density at radius 1 is 1.21 bits per heavy atom. The van der Waals surface area contributed by atoms with Crippen molar-refractivity contribution in [2.75, 3.05) is 5.73 Å². The van der Waals surface area contributed by atoms with Crippen LogP contribution in [0.3, 0.4) is 0 Å². The van der Waals surface area contributed by atoms with Crippen molar-refractivity contribution in [1.29, 1.82) is 0 Å². The zero-order valence-corrected chi connectivity index (χ0v) is 9.07. The standard InChI is InChI=1S/C7H4Cl2N4S/c8-3-1-2-4(9)11-5(3)6-12-7(10)14-13-6/h1-2H,(H2,10,12,13). The van der Waals surface area contributed by atoms with Crippen LogP contribution in [0.5, 0.6) is 0 Å². The Bertz CT molecular complexity index is 470. The van der Waals surface area contributed by atoms with Crippen molar-refractivity contribution >= 4 is 39.9 Å². The molecule has 2 aromatic heterocycles. The summed E-state index contributed by atoms with van der Waals surface area (Å²) in [5, 5.41) is 1.17. The number of aromatic nitrogens is 3. The number of pyridine rings is 1. The van der Waals surface area contributed by atoms with Crippen LogP contribution in [0.25, 0.3) is 11.5 Å². The number of hydrogen-bond donors (Lipinski definition) is 1. The van der Waals surface area contributed by atoms with Crippen molar-refractivity contribution in [3.05, 3.63) is 22.3 Å². The van der Waals surface area contributed by atoms with Gasteiger partial charge in [-0.25, -0.2) is 4.98 Å². The van der Waals surface area contributed by atoms with Gasteiger partial charge in [0.25, 0.3) is 0 Å². The summed E-state index contributed by atoms with van der Waals surface area (Å²) < 4.78 is 3.99. The normalized spacial score (nSPS) is 10.4. The molecular formula is C7H4Cl2N4S. The molecule has 4 nitrogen and oxygen atoms in total. The molecule has 0 atom stereocenters. The van der Waals surface area contributed by atoms with Crippen molar-refractivity contribution in [3.63, 3.8) is 0 Å². The van der Waals surface area contributed by atoms with Crippen LogP contribution in [0, 0.1) is 0 Å². The third kappa shape index (κ3) is 1.79. The first-order valence-corrected chi connectivity index (χ1v) is 5.11. The SMILES string of the molecule is Nc1nc(-c2nc(Cl)ccc2Cl)ns1. The van der Waals surface area contributed by atoms with Crippen LogP contribution in [-0.4, -0.2) is 14.3 Å². The number of rotatable bonds is 1. The molecule has 2 N–H and O–H groups in total. The minimum Gasteiger partial charge on any atom is -0.374 e. The number of nitrogens with two attached hydrogens (primary N) is 1. The minimum absolute atomic E-state index is 0.345. The highest BCUT2D eigenvalue weighted by Gasteiger charge is 2.10. The monoisotopic (exact) mass is 246 g/mol. The molecule has 0 unspecified atom stereocenters. The maximum Gasteiger partial charge on any atom is 0.200 e. The summed E-state index contributed by atoms with van der Waals surface area (Å²) >= 11 is 12.7. The van der Waals surface area contributed by atoms with Gasteiger partial charge in [-0.3, -0.25) is 0 Å². The second-order valence-corrected chi connectivity index (χ2v) is 4.00. The van der Waals surface area contributed by atoms with Crippen LogP contribution < -0.4 is 5.73 Å². The predicted molar refractivity (Wildman–Crippen MR) is 57.6 cm³/mol. The molecule has 14 heavy (non-hydrogen) atoms. The Morgan fingerprint density at radius 3 is 2.64 bits per heavy atom. The second kappa shape index (κ2) is 3.68. The van der Waals surface area contributed by atoms with E-state index in [1.54, 1.807) is 12.1 Å². The number of halogens is 2. The van der Waals surface area contributed by atoms with Crippen LogP contribution in [0.1, 0.15) is 0 Å². The van der Waals surface area contributed by atoms with Gasteiger partial charge in [0.05, 0.1) is 5.02 Å². The van der Waals surface area contributed by atoms with Gasteiger partial charge in [-0.1, -0.05) is 23.2 Å². The van der Waals surface area contributed by atoms with Gasteiger partial charge in [-0.15, -0.1) is 0 Å². The summed E-state index contributed by atoms with van der Waals surface area (Å²) in [6.45, 7) is 0. The summed E-state index contributed by atoms with van der Waals surface area (Å²) in [7, 11) is 0. The maximum atomic E-state index is 5.90. The largest absolute Gasteiger partial charge is 0.374 e. The fraction of sp³-hybridized carbons (Fsp3) is 0. The summed E-state index contributed by atoms with van der Waals surface area (Å²) in [5.41, 5.74) is 5.90. The Morgan fingerprint density at radius 2 is 2.00 bits per heavy atom. The third-order valence-corrected chi connectivity index (χ3v) is 2.52. The molecule has 0 aliphatic heterocycles. The molecule has 2 aromatic rings. The number of anilines is 1. The van der Waals surface area contributed by atoms with Gasteiger partial charge in [0.1, 0.15) is 10.8 Å². The van der Waals surface area contributed by atoms with Crippen molar-refractivity contribution in [2.24, 2.45) is 0 Å². The van der Waals surface area contributed by atoms with E-state index in [0.717, 1.165) is 11.5 Å². The molecule has 2 heterocycles. The number of nitrogen functional groups attached to an aromatic ring is 1. The first kappa shape index (κ1) is 9.64. The fourth-order valence-corrected chi connectivity index (χ4v) is 1.68. The van der Waals surface area contributed by atoms with Gasteiger partial charge in [0.2, 0.25) is 0 Å². The van der Waals surface area contributed by atoms with Gasteiger partial charge in [-0.2, -0.15) is 9.36 Å². The molecule has 0 saturated heterocycles. The van der Waals surface area contributed by atoms with E-state index in [0.29, 0.717) is 26.8 Å². The molecule has 7 heteroatoms. The fourth-order valence-electron chi connectivity index (χ4n) is 0.907. The van der Waals surface area contributed by atoms with Crippen LogP contribution in [0.2, 0.25) is 10.2 Å². The average Bonchev–Trinajstić information content (AvgIpc) is 2.56. The van der Waals surface area contributed by atoms with E-state index in [-0.39, 0.29) is 0 Å². The van der Waals surface area contributed by atoms with Gasteiger partial charge >= 0.3 is 0 Å². The average molecular weight is 247 g/mol. The van der Waals surface area contributed by atoms with E-state index < -0.39 is 0 Å². The van der Waals surface area contributed by atoms with E-state index in [1.807, 2.05) is 0 Å². The first-order chi connectivity index (χ1) is 6.66. The van der Waals surface area contributed by atoms with E-state index in [1.165, 1.54) is 0 Å². The van der Waals surface area contributed by atoms with E-state index in [2.05, 4.69) is 14.3 Å².